The average Bonchev–Trinajstić information content (AvgIpc) is 3.12. The van der Waals surface area contributed by atoms with Crippen LogP contribution in [-0.2, 0) is 4.79 Å². The van der Waals surface area contributed by atoms with Crippen molar-refractivity contribution in [1.29, 1.82) is 0 Å². The van der Waals surface area contributed by atoms with E-state index in [-0.39, 0.29) is 35.2 Å². The summed E-state index contributed by atoms with van der Waals surface area (Å²) in [5.41, 5.74) is 0.606. The maximum absolute atomic E-state index is 13.8. The third-order valence-corrected chi connectivity index (χ3v) is 7.63. The second-order valence-electron chi connectivity index (χ2n) is 10.5. The monoisotopic (exact) mass is 443 g/mol. The molecule has 1 N–H and O–H groups in total. The summed E-state index contributed by atoms with van der Waals surface area (Å²) in [6.07, 6.45) is 6.66. The first kappa shape index (κ1) is 24.0. The molecule has 1 heterocycles. The van der Waals surface area contributed by atoms with Gasteiger partial charge < -0.3 is 10.0 Å². The van der Waals surface area contributed by atoms with Crippen molar-refractivity contribution in [3.05, 3.63) is 15.8 Å². The van der Waals surface area contributed by atoms with Crippen LogP contribution in [0.5, 0.6) is 0 Å². The van der Waals surface area contributed by atoms with Crippen LogP contribution in [0.25, 0.3) is 0 Å². The van der Waals surface area contributed by atoms with E-state index in [1.54, 1.807) is 6.92 Å². The predicted octanol–water partition coefficient (Wildman–Crippen LogP) is 5.81. The minimum atomic E-state index is -0.285. The van der Waals surface area contributed by atoms with Crippen LogP contribution in [0.3, 0.4) is 0 Å². The minimum Gasteiger partial charge on any atom is -0.393 e. The van der Waals surface area contributed by atoms with Crippen LogP contribution >= 0.6 is 11.3 Å². The Morgan fingerprint density at radius 2 is 1.68 bits per heavy atom. The zero-order valence-electron chi connectivity index (χ0n) is 19.7. The van der Waals surface area contributed by atoms with Gasteiger partial charge in [-0.25, -0.2) is 0 Å². The molecule has 0 unspecified atom stereocenters. The van der Waals surface area contributed by atoms with E-state index in [2.05, 4.69) is 39.5 Å². The summed E-state index contributed by atoms with van der Waals surface area (Å²) in [7, 11) is 0. The van der Waals surface area contributed by atoms with E-state index < -0.39 is 0 Å². The number of hydrogen-bond acceptors (Lipinski definition) is 4. The molecule has 0 saturated heterocycles. The maximum atomic E-state index is 13.8. The van der Waals surface area contributed by atoms with Crippen LogP contribution in [-0.4, -0.2) is 28.9 Å². The molecule has 2 fully saturated rings. The van der Waals surface area contributed by atoms with E-state index in [1.807, 2.05) is 11.0 Å². The molecule has 5 heteroatoms. The number of aliphatic hydroxyl groups excluding tert-OH is 1. The molecule has 1 aromatic heterocycles. The van der Waals surface area contributed by atoms with E-state index in [0.29, 0.717) is 23.6 Å². The van der Waals surface area contributed by atoms with Gasteiger partial charge in [0.2, 0.25) is 5.91 Å². The first-order valence-electron chi connectivity index (χ1n) is 11.7. The van der Waals surface area contributed by atoms with Gasteiger partial charge in [-0.15, -0.1) is 11.3 Å². The fourth-order valence-corrected chi connectivity index (χ4v) is 5.54. The van der Waals surface area contributed by atoms with Crippen LogP contribution in [0.15, 0.2) is 6.07 Å². The van der Waals surface area contributed by atoms with Crippen LogP contribution in [0, 0.1) is 29.1 Å². The van der Waals surface area contributed by atoms with Gasteiger partial charge in [0, 0.05) is 24.3 Å². The summed E-state index contributed by atoms with van der Waals surface area (Å²) in [4.78, 5) is 29.7. The van der Waals surface area contributed by atoms with Gasteiger partial charge in [0.05, 0.1) is 21.5 Å². The van der Waals surface area contributed by atoms with Crippen LogP contribution < -0.4 is 4.90 Å². The van der Waals surface area contributed by atoms with Crippen molar-refractivity contribution < 1.29 is 14.7 Å². The zero-order valence-corrected chi connectivity index (χ0v) is 20.5. The molecule has 3 rings (SSSR count). The molecule has 0 aromatic carbocycles. The van der Waals surface area contributed by atoms with E-state index in [9.17, 15) is 14.7 Å². The number of anilines is 1. The SMILES string of the molecule is CC(=O)c1sc(C#CC(C)(C)C)cc1N(C(=O)C1CCC(C)CC1)C1CCC(O)CC1. The molecule has 2 aliphatic carbocycles. The van der Waals surface area contributed by atoms with Crippen molar-refractivity contribution in [3.8, 4) is 11.8 Å². The highest BCUT2D eigenvalue weighted by Gasteiger charge is 2.36. The molecular weight excluding hydrogens is 406 g/mol. The van der Waals surface area contributed by atoms with Crippen molar-refractivity contribution in [3.63, 3.8) is 0 Å². The summed E-state index contributed by atoms with van der Waals surface area (Å²) in [6, 6.07) is 1.99. The van der Waals surface area contributed by atoms with Crippen LogP contribution in [0.2, 0.25) is 0 Å². The van der Waals surface area contributed by atoms with E-state index >= 15 is 0 Å². The van der Waals surface area contributed by atoms with Gasteiger partial charge in [-0.2, -0.15) is 0 Å². The van der Waals surface area contributed by atoms with Gasteiger partial charge in [0.1, 0.15) is 0 Å². The second kappa shape index (κ2) is 9.88. The fourth-order valence-electron chi connectivity index (χ4n) is 4.64. The lowest BCUT2D eigenvalue weighted by molar-refractivity contribution is -0.124. The number of nitrogens with zero attached hydrogens (tertiary/aromatic N) is 1. The fraction of sp³-hybridized carbons (Fsp3) is 0.692. The Hall–Kier alpha value is -1.64. The highest BCUT2D eigenvalue weighted by molar-refractivity contribution is 7.15. The van der Waals surface area contributed by atoms with Crippen LogP contribution in [0.1, 0.15) is 101 Å². The van der Waals surface area contributed by atoms with Crippen molar-refractivity contribution in [2.24, 2.45) is 17.3 Å². The smallest absolute Gasteiger partial charge is 0.230 e. The number of thiophene rings is 1. The lowest BCUT2D eigenvalue weighted by Crippen LogP contribution is -2.47. The van der Waals surface area contributed by atoms with Crippen molar-refractivity contribution >= 4 is 28.7 Å². The average molecular weight is 444 g/mol. The molecule has 2 saturated carbocycles. The van der Waals surface area contributed by atoms with Crippen molar-refractivity contribution in [1.82, 2.24) is 0 Å². The Morgan fingerprint density at radius 1 is 1.06 bits per heavy atom. The third kappa shape index (κ3) is 6.20. The lowest BCUT2D eigenvalue weighted by atomic mass is 9.81. The molecule has 1 amide bonds. The van der Waals surface area contributed by atoms with Crippen LogP contribution in [0.4, 0.5) is 5.69 Å². The predicted molar refractivity (Wildman–Crippen MR) is 128 cm³/mol. The van der Waals surface area contributed by atoms with Gasteiger partial charge in [0.15, 0.2) is 5.78 Å². The molecule has 2 aliphatic rings. The zero-order chi connectivity index (χ0) is 22.8. The molecule has 170 valence electrons. The number of ketones is 1. The lowest BCUT2D eigenvalue weighted by Gasteiger charge is -2.39. The highest BCUT2D eigenvalue weighted by atomic mass is 32.1. The molecule has 0 aliphatic heterocycles. The summed E-state index contributed by atoms with van der Waals surface area (Å²) in [6.45, 7) is 10.0. The summed E-state index contributed by atoms with van der Waals surface area (Å²) in [5, 5.41) is 10.0. The van der Waals surface area contributed by atoms with Gasteiger partial charge in [-0.05, 0) is 84.1 Å². The number of Topliss-reactive ketones (excluding diaryl/α,β-unsaturated/α-hetero) is 1. The number of rotatable bonds is 4. The highest BCUT2D eigenvalue weighted by Crippen LogP contribution is 2.39. The van der Waals surface area contributed by atoms with Crippen molar-refractivity contribution in [2.45, 2.75) is 98.1 Å². The second-order valence-corrected chi connectivity index (χ2v) is 11.6. The number of carbonyl (C=O) groups excluding carboxylic acids is 2. The molecular formula is C26H37NO3S. The first-order chi connectivity index (χ1) is 14.5. The quantitative estimate of drug-likeness (QED) is 0.472. The molecule has 0 spiro atoms. The molecule has 31 heavy (non-hydrogen) atoms. The summed E-state index contributed by atoms with van der Waals surface area (Å²) in [5.74, 6) is 7.31. The van der Waals surface area contributed by atoms with Gasteiger partial charge in [-0.1, -0.05) is 18.8 Å². The standard InChI is InChI=1S/C26H37NO3S/c1-17-6-8-19(9-7-17)25(30)27(20-10-12-21(29)13-11-20)23-16-22(14-15-26(3,4)5)31-24(23)18(2)28/h16-17,19-21,29H,6-13H2,1-5H3. The Bertz CT molecular complexity index is 853. The maximum Gasteiger partial charge on any atom is 0.230 e. The summed E-state index contributed by atoms with van der Waals surface area (Å²) < 4.78 is 0. The third-order valence-electron chi connectivity index (χ3n) is 6.49. The molecule has 0 radical (unpaired) electrons. The van der Waals surface area contributed by atoms with Gasteiger partial charge in [-0.3, -0.25) is 9.59 Å². The van der Waals surface area contributed by atoms with E-state index in [1.165, 1.54) is 11.3 Å². The van der Waals surface area contributed by atoms with E-state index in [0.717, 1.165) is 49.1 Å². The van der Waals surface area contributed by atoms with Crippen molar-refractivity contribution in [2.75, 3.05) is 4.90 Å². The Kier molecular flexibility index (Phi) is 7.65. The largest absolute Gasteiger partial charge is 0.393 e. The Labute approximate surface area is 191 Å². The normalized spacial score (nSPS) is 26.6. The van der Waals surface area contributed by atoms with E-state index in [4.69, 9.17) is 0 Å². The van der Waals surface area contributed by atoms with Gasteiger partial charge in [0.25, 0.3) is 0 Å². The first-order valence-corrected chi connectivity index (χ1v) is 12.6. The molecule has 4 nitrogen and oxygen atoms in total. The summed E-state index contributed by atoms with van der Waals surface area (Å²) >= 11 is 1.40. The number of aliphatic hydroxyl groups is 1. The number of amides is 1. The number of hydrogen-bond donors (Lipinski definition) is 1. The Morgan fingerprint density at radius 3 is 2.23 bits per heavy atom. The molecule has 0 atom stereocenters. The topological polar surface area (TPSA) is 57.6 Å². The number of carbonyl (C=O) groups is 2. The molecule has 0 bridgehead atoms. The minimum absolute atomic E-state index is 0.0188. The van der Waals surface area contributed by atoms with Gasteiger partial charge >= 0.3 is 0 Å². The molecule has 1 aromatic rings. The Balaban J connectivity index is 1.99.